The summed E-state index contributed by atoms with van der Waals surface area (Å²) in [4.78, 5) is 6.26. The number of para-hydroxylation sites is 2. The van der Waals surface area contributed by atoms with Gasteiger partial charge in [-0.3, -0.25) is 4.98 Å². The van der Waals surface area contributed by atoms with Gasteiger partial charge in [0, 0.05) is 25.5 Å². The lowest BCUT2D eigenvalue weighted by Crippen LogP contribution is -2.24. The van der Waals surface area contributed by atoms with Crippen LogP contribution in [0.15, 0.2) is 42.7 Å². The third-order valence-corrected chi connectivity index (χ3v) is 3.33. The van der Waals surface area contributed by atoms with Crippen LogP contribution in [-0.2, 0) is 6.54 Å². The minimum atomic E-state index is 0.693. The SMILES string of the molecule is CCCN(Cc1ccncc1Cl)c1ccccc1N. The molecule has 0 aliphatic carbocycles. The Kier molecular flexibility index (Phi) is 4.63. The molecule has 19 heavy (non-hydrogen) atoms. The van der Waals surface area contributed by atoms with E-state index < -0.39 is 0 Å². The first-order valence-corrected chi connectivity index (χ1v) is 6.78. The van der Waals surface area contributed by atoms with E-state index in [0.29, 0.717) is 5.02 Å². The van der Waals surface area contributed by atoms with Gasteiger partial charge in [0.05, 0.1) is 16.4 Å². The van der Waals surface area contributed by atoms with E-state index in [1.54, 1.807) is 12.4 Å². The highest BCUT2D eigenvalue weighted by atomic mass is 35.5. The number of nitrogens with zero attached hydrogens (tertiary/aromatic N) is 2. The molecule has 0 amide bonds. The second-order valence-corrected chi connectivity index (χ2v) is 4.85. The lowest BCUT2D eigenvalue weighted by molar-refractivity contribution is 0.768. The van der Waals surface area contributed by atoms with Gasteiger partial charge in [0.1, 0.15) is 0 Å². The maximum absolute atomic E-state index is 6.18. The molecule has 2 aromatic rings. The lowest BCUT2D eigenvalue weighted by atomic mass is 10.2. The summed E-state index contributed by atoms with van der Waals surface area (Å²) >= 11 is 6.18. The number of nitrogen functional groups attached to an aromatic ring is 1. The Labute approximate surface area is 119 Å². The van der Waals surface area contributed by atoms with Crippen molar-refractivity contribution in [3.8, 4) is 0 Å². The first-order chi connectivity index (χ1) is 9.22. The highest BCUT2D eigenvalue weighted by Gasteiger charge is 2.11. The van der Waals surface area contributed by atoms with E-state index in [-0.39, 0.29) is 0 Å². The van der Waals surface area contributed by atoms with Crippen LogP contribution >= 0.6 is 11.6 Å². The van der Waals surface area contributed by atoms with E-state index in [2.05, 4.69) is 16.8 Å². The van der Waals surface area contributed by atoms with Gasteiger partial charge >= 0.3 is 0 Å². The molecule has 3 nitrogen and oxygen atoms in total. The standard InChI is InChI=1S/C15H18ClN3/c1-2-9-19(15-6-4-3-5-14(15)17)11-12-7-8-18-10-13(12)16/h3-8,10H,2,9,11,17H2,1H3. The predicted octanol–water partition coefficient (Wildman–Crippen LogP) is 3.73. The second-order valence-electron chi connectivity index (χ2n) is 4.45. The fourth-order valence-electron chi connectivity index (χ4n) is 2.07. The Balaban J connectivity index is 2.27. The van der Waals surface area contributed by atoms with E-state index >= 15 is 0 Å². The molecule has 1 aromatic heterocycles. The van der Waals surface area contributed by atoms with Gasteiger partial charge in [-0.15, -0.1) is 0 Å². The number of pyridine rings is 1. The molecule has 0 bridgehead atoms. The molecule has 0 fully saturated rings. The molecule has 0 atom stereocenters. The molecule has 0 aliphatic rings. The largest absolute Gasteiger partial charge is 0.397 e. The third kappa shape index (κ3) is 3.38. The van der Waals surface area contributed by atoms with Crippen LogP contribution in [0.25, 0.3) is 0 Å². The molecule has 2 rings (SSSR count). The number of halogens is 1. The first-order valence-electron chi connectivity index (χ1n) is 6.40. The molecule has 0 saturated heterocycles. The van der Waals surface area contributed by atoms with E-state index in [1.807, 2.05) is 30.3 Å². The average molecular weight is 276 g/mol. The number of rotatable bonds is 5. The highest BCUT2D eigenvalue weighted by molar-refractivity contribution is 6.31. The van der Waals surface area contributed by atoms with E-state index in [1.165, 1.54) is 0 Å². The van der Waals surface area contributed by atoms with E-state index in [4.69, 9.17) is 17.3 Å². The molecule has 1 heterocycles. The van der Waals surface area contributed by atoms with Crippen molar-refractivity contribution in [2.24, 2.45) is 0 Å². The monoisotopic (exact) mass is 275 g/mol. The Hall–Kier alpha value is -1.74. The zero-order valence-corrected chi connectivity index (χ0v) is 11.8. The van der Waals surface area contributed by atoms with Gasteiger partial charge in [0.15, 0.2) is 0 Å². The minimum Gasteiger partial charge on any atom is -0.397 e. The van der Waals surface area contributed by atoms with Gasteiger partial charge in [-0.05, 0) is 30.2 Å². The quantitative estimate of drug-likeness (QED) is 0.846. The summed E-state index contributed by atoms with van der Waals surface area (Å²) in [6, 6.07) is 9.86. The summed E-state index contributed by atoms with van der Waals surface area (Å²) in [6.07, 6.45) is 4.49. The topological polar surface area (TPSA) is 42.2 Å². The van der Waals surface area contributed by atoms with Gasteiger partial charge in [0.25, 0.3) is 0 Å². The zero-order chi connectivity index (χ0) is 13.7. The zero-order valence-electron chi connectivity index (χ0n) is 11.0. The summed E-state index contributed by atoms with van der Waals surface area (Å²) in [5.41, 5.74) is 8.97. The van der Waals surface area contributed by atoms with Gasteiger partial charge < -0.3 is 10.6 Å². The molecule has 0 saturated carbocycles. The summed E-state index contributed by atoms with van der Waals surface area (Å²) in [6.45, 7) is 3.83. The molecule has 2 N–H and O–H groups in total. The summed E-state index contributed by atoms with van der Waals surface area (Å²) in [5, 5.41) is 0.693. The van der Waals surface area contributed by atoms with Gasteiger partial charge in [-0.1, -0.05) is 30.7 Å². The maximum Gasteiger partial charge on any atom is 0.0639 e. The first kappa shape index (κ1) is 13.7. The Morgan fingerprint density at radius 2 is 2.05 bits per heavy atom. The van der Waals surface area contributed by atoms with Crippen LogP contribution in [0.4, 0.5) is 11.4 Å². The number of nitrogens with two attached hydrogens (primary N) is 1. The van der Waals surface area contributed by atoms with E-state index in [0.717, 1.165) is 36.4 Å². The summed E-state index contributed by atoms with van der Waals surface area (Å²) in [7, 11) is 0. The second kappa shape index (κ2) is 6.43. The normalized spacial score (nSPS) is 10.4. The van der Waals surface area contributed by atoms with Crippen molar-refractivity contribution in [3.05, 3.63) is 53.3 Å². The maximum atomic E-state index is 6.18. The van der Waals surface area contributed by atoms with Crippen molar-refractivity contribution in [2.75, 3.05) is 17.2 Å². The van der Waals surface area contributed by atoms with Crippen LogP contribution in [-0.4, -0.2) is 11.5 Å². The number of anilines is 2. The Bertz CT molecular complexity index is 542. The van der Waals surface area contributed by atoms with Crippen LogP contribution in [0.2, 0.25) is 5.02 Å². The van der Waals surface area contributed by atoms with E-state index in [9.17, 15) is 0 Å². The van der Waals surface area contributed by atoms with Crippen LogP contribution in [0.3, 0.4) is 0 Å². The van der Waals surface area contributed by atoms with Gasteiger partial charge in [-0.25, -0.2) is 0 Å². The molecule has 0 unspecified atom stereocenters. The Morgan fingerprint density at radius 1 is 1.26 bits per heavy atom. The molecular formula is C15H18ClN3. The van der Waals surface area contributed by atoms with Crippen molar-refractivity contribution >= 4 is 23.0 Å². The Morgan fingerprint density at radius 3 is 2.74 bits per heavy atom. The lowest BCUT2D eigenvalue weighted by Gasteiger charge is -2.26. The molecule has 0 spiro atoms. The van der Waals surface area contributed by atoms with Crippen molar-refractivity contribution < 1.29 is 0 Å². The summed E-state index contributed by atoms with van der Waals surface area (Å²) in [5.74, 6) is 0. The molecule has 0 aliphatic heterocycles. The third-order valence-electron chi connectivity index (χ3n) is 2.99. The molecule has 0 radical (unpaired) electrons. The summed E-state index contributed by atoms with van der Waals surface area (Å²) < 4.78 is 0. The van der Waals surface area contributed by atoms with Crippen molar-refractivity contribution in [3.63, 3.8) is 0 Å². The van der Waals surface area contributed by atoms with Gasteiger partial charge in [-0.2, -0.15) is 0 Å². The van der Waals surface area contributed by atoms with Crippen molar-refractivity contribution in [1.29, 1.82) is 0 Å². The number of aromatic nitrogens is 1. The molecule has 100 valence electrons. The van der Waals surface area contributed by atoms with Crippen LogP contribution in [0.1, 0.15) is 18.9 Å². The molecule has 1 aromatic carbocycles. The predicted molar refractivity (Wildman–Crippen MR) is 81.4 cm³/mol. The number of hydrogen-bond acceptors (Lipinski definition) is 3. The highest BCUT2D eigenvalue weighted by Crippen LogP contribution is 2.26. The van der Waals surface area contributed by atoms with Crippen molar-refractivity contribution in [1.82, 2.24) is 4.98 Å². The molecular weight excluding hydrogens is 258 g/mol. The van der Waals surface area contributed by atoms with Crippen LogP contribution in [0, 0.1) is 0 Å². The average Bonchev–Trinajstić information content (AvgIpc) is 2.41. The van der Waals surface area contributed by atoms with Crippen LogP contribution < -0.4 is 10.6 Å². The van der Waals surface area contributed by atoms with Crippen LogP contribution in [0.5, 0.6) is 0 Å². The molecule has 4 heteroatoms. The number of hydrogen-bond donors (Lipinski definition) is 1. The number of benzene rings is 1. The smallest absolute Gasteiger partial charge is 0.0639 e. The van der Waals surface area contributed by atoms with Crippen molar-refractivity contribution in [2.45, 2.75) is 19.9 Å². The van der Waals surface area contributed by atoms with Gasteiger partial charge in [0.2, 0.25) is 0 Å². The minimum absolute atomic E-state index is 0.693. The fourth-order valence-corrected chi connectivity index (χ4v) is 2.25. The fraction of sp³-hybridized carbons (Fsp3) is 0.267.